The van der Waals surface area contributed by atoms with Gasteiger partial charge in [-0.1, -0.05) is 18.2 Å². The normalized spacial score (nSPS) is 13.9. The summed E-state index contributed by atoms with van der Waals surface area (Å²) in [4.78, 5) is 27.8. The van der Waals surface area contributed by atoms with E-state index in [0.717, 1.165) is 42.2 Å². The lowest BCUT2D eigenvalue weighted by Gasteiger charge is -2.26. The van der Waals surface area contributed by atoms with E-state index in [1.54, 1.807) is 11.3 Å². The zero-order valence-electron chi connectivity index (χ0n) is 17.2. The van der Waals surface area contributed by atoms with Gasteiger partial charge in [0, 0.05) is 38.2 Å². The molecule has 4 rings (SSSR count). The minimum atomic E-state index is -0.0614. The molecule has 1 fully saturated rings. The smallest absolute Gasteiger partial charge is 0.253 e. The molecule has 0 radical (unpaired) electrons. The second-order valence-corrected chi connectivity index (χ2v) is 8.89. The number of likely N-dealkylation sites (tertiary alicyclic amines) is 1. The van der Waals surface area contributed by atoms with Crippen LogP contribution in [0.15, 0.2) is 41.8 Å². The number of amides is 2. The van der Waals surface area contributed by atoms with Gasteiger partial charge in [-0.25, -0.2) is 0 Å². The predicted octanol–water partition coefficient (Wildman–Crippen LogP) is 4.00. The van der Waals surface area contributed by atoms with Gasteiger partial charge in [-0.3, -0.25) is 19.3 Å². The number of benzene rings is 1. The van der Waals surface area contributed by atoms with E-state index < -0.39 is 0 Å². The van der Waals surface area contributed by atoms with Gasteiger partial charge in [0.05, 0.1) is 4.88 Å². The number of rotatable bonds is 7. The first-order chi connectivity index (χ1) is 15.1. The molecule has 0 unspecified atom stereocenters. The van der Waals surface area contributed by atoms with E-state index in [4.69, 9.17) is 12.2 Å². The van der Waals surface area contributed by atoms with Crippen LogP contribution in [0.5, 0.6) is 0 Å². The summed E-state index contributed by atoms with van der Waals surface area (Å²) in [6.07, 6.45) is 3.66. The molecule has 1 aromatic carbocycles. The van der Waals surface area contributed by atoms with Gasteiger partial charge < -0.3 is 10.2 Å². The van der Waals surface area contributed by atoms with Crippen LogP contribution in [0.4, 0.5) is 0 Å². The van der Waals surface area contributed by atoms with Crippen molar-refractivity contribution in [3.8, 4) is 10.7 Å². The SMILES string of the molecule is O=C(CCn1c(-c2cccs2)n[nH]c1=S)NCc1ccc(C(=O)N2CCCCC2)cc1. The van der Waals surface area contributed by atoms with Crippen molar-refractivity contribution in [1.82, 2.24) is 25.0 Å². The van der Waals surface area contributed by atoms with Gasteiger partial charge >= 0.3 is 0 Å². The van der Waals surface area contributed by atoms with Crippen LogP contribution in [0.2, 0.25) is 0 Å². The van der Waals surface area contributed by atoms with Gasteiger partial charge in [-0.2, -0.15) is 5.10 Å². The maximum absolute atomic E-state index is 12.6. The van der Waals surface area contributed by atoms with Crippen LogP contribution in [-0.2, 0) is 17.9 Å². The number of hydrogen-bond donors (Lipinski definition) is 2. The number of hydrogen-bond acceptors (Lipinski definition) is 5. The summed E-state index contributed by atoms with van der Waals surface area (Å²) in [5.74, 6) is 0.782. The summed E-state index contributed by atoms with van der Waals surface area (Å²) in [6, 6.07) is 11.4. The summed E-state index contributed by atoms with van der Waals surface area (Å²) >= 11 is 6.89. The van der Waals surface area contributed by atoms with Crippen LogP contribution in [0, 0.1) is 4.77 Å². The molecule has 0 bridgehead atoms. The fourth-order valence-electron chi connectivity index (χ4n) is 3.67. The van der Waals surface area contributed by atoms with Crippen LogP contribution in [0.3, 0.4) is 0 Å². The van der Waals surface area contributed by atoms with E-state index in [1.165, 1.54) is 6.42 Å². The molecule has 2 amide bonds. The Bertz CT molecular complexity index is 1080. The van der Waals surface area contributed by atoms with Gasteiger partial charge in [0.1, 0.15) is 0 Å². The van der Waals surface area contributed by atoms with Crippen molar-refractivity contribution < 1.29 is 9.59 Å². The first-order valence-electron chi connectivity index (χ1n) is 10.5. The van der Waals surface area contributed by atoms with Crippen molar-refractivity contribution in [1.29, 1.82) is 0 Å². The molecule has 3 aromatic rings. The number of nitrogens with one attached hydrogen (secondary N) is 2. The maximum atomic E-state index is 12.6. The number of nitrogens with zero attached hydrogens (tertiary/aromatic N) is 3. The Balaban J connectivity index is 1.28. The van der Waals surface area contributed by atoms with Gasteiger partial charge in [0.25, 0.3) is 5.91 Å². The highest BCUT2D eigenvalue weighted by Crippen LogP contribution is 2.23. The van der Waals surface area contributed by atoms with E-state index in [-0.39, 0.29) is 11.8 Å². The molecule has 1 aliphatic rings. The summed E-state index contributed by atoms with van der Waals surface area (Å²) in [6.45, 7) is 2.56. The molecule has 0 atom stereocenters. The topological polar surface area (TPSA) is 83.0 Å². The summed E-state index contributed by atoms with van der Waals surface area (Å²) in [7, 11) is 0. The largest absolute Gasteiger partial charge is 0.352 e. The highest BCUT2D eigenvalue weighted by molar-refractivity contribution is 7.71. The molecule has 31 heavy (non-hydrogen) atoms. The Morgan fingerprint density at radius 3 is 2.61 bits per heavy atom. The van der Waals surface area contributed by atoms with Crippen molar-refractivity contribution in [3.63, 3.8) is 0 Å². The minimum Gasteiger partial charge on any atom is -0.352 e. The highest BCUT2D eigenvalue weighted by Gasteiger charge is 2.18. The van der Waals surface area contributed by atoms with Gasteiger partial charge in [-0.15, -0.1) is 11.3 Å². The third kappa shape index (κ3) is 5.29. The number of aromatic nitrogens is 3. The summed E-state index contributed by atoms with van der Waals surface area (Å²) in [5.41, 5.74) is 1.66. The Morgan fingerprint density at radius 1 is 1.13 bits per heavy atom. The van der Waals surface area contributed by atoms with Crippen LogP contribution in [0.25, 0.3) is 10.7 Å². The number of piperidine rings is 1. The van der Waals surface area contributed by atoms with Crippen molar-refractivity contribution in [2.75, 3.05) is 13.1 Å². The Kier molecular flexibility index (Phi) is 6.93. The molecule has 162 valence electrons. The number of carbonyl (C=O) groups is 2. The zero-order valence-corrected chi connectivity index (χ0v) is 18.8. The first-order valence-corrected chi connectivity index (χ1v) is 11.7. The van der Waals surface area contributed by atoms with Crippen LogP contribution in [0.1, 0.15) is 41.6 Å². The van der Waals surface area contributed by atoms with E-state index in [0.29, 0.717) is 29.8 Å². The number of aromatic amines is 1. The quantitative estimate of drug-likeness (QED) is 0.528. The lowest BCUT2D eigenvalue weighted by molar-refractivity contribution is -0.121. The van der Waals surface area contributed by atoms with E-state index in [1.807, 2.05) is 51.2 Å². The molecule has 1 aliphatic heterocycles. The summed E-state index contributed by atoms with van der Waals surface area (Å²) in [5, 5.41) is 12.0. The minimum absolute atomic E-state index is 0.0614. The standard InChI is InChI=1S/C22H25N5O2S2/c28-19(10-13-27-20(24-25-22(27)30)18-5-4-14-31-18)23-15-16-6-8-17(9-7-16)21(29)26-11-2-1-3-12-26/h4-9,14H,1-3,10-13,15H2,(H,23,28)(H,25,30). The molecule has 9 heteroatoms. The third-order valence-electron chi connectivity index (χ3n) is 5.40. The van der Waals surface area contributed by atoms with E-state index in [2.05, 4.69) is 15.5 Å². The highest BCUT2D eigenvalue weighted by atomic mass is 32.1. The van der Waals surface area contributed by atoms with Crippen LogP contribution in [-0.4, -0.2) is 44.6 Å². The second-order valence-electron chi connectivity index (χ2n) is 7.56. The molecule has 7 nitrogen and oxygen atoms in total. The maximum Gasteiger partial charge on any atom is 0.253 e. The zero-order chi connectivity index (χ0) is 21.6. The molecule has 0 aliphatic carbocycles. The van der Waals surface area contributed by atoms with E-state index in [9.17, 15) is 9.59 Å². The number of H-pyrrole nitrogens is 1. The fraction of sp³-hybridized carbons (Fsp3) is 0.364. The Hall–Kier alpha value is -2.78. The molecule has 3 heterocycles. The average Bonchev–Trinajstić information content (AvgIpc) is 3.46. The summed E-state index contributed by atoms with van der Waals surface area (Å²) < 4.78 is 2.35. The van der Waals surface area contributed by atoms with Gasteiger partial charge in [-0.05, 0) is 60.6 Å². The first kappa shape index (κ1) is 21.5. The van der Waals surface area contributed by atoms with Gasteiger partial charge in [0.2, 0.25) is 5.91 Å². The average molecular weight is 456 g/mol. The Morgan fingerprint density at radius 2 is 1.90 bits per heavy atom. The molecular weight excluding hydrogens is 430 g/mol. The van der Waals surface area contributed by atoms with Crippen molar-refractivity contribution in [2.45, 2.75) is 38.8 Å². The molecule has 2 N–H and O–H groups in total. The van der Waals surface area contributed by atoms with Gasteiger partial charge in [0.15, 0.2) is 10.6 Å². The molecule has 1 saturated heterocycles. The molecule has 0 saturated carbocycles. The lowest BCUT2D eigenvalue weighted by atomic mass is 10.1. The molecule has 2 aromatic heterocycles. The number of thiophene rings is 1. The second kappa shape index (κ2) is 10.0. The van der Waals surface area contributed by atoms with Crippen molar-refractivity contribution in [3.05, 3.63) is 57.7 Å². The monoisotopic (exact) mass is 455 g/mol. The third-order valence-corrected chi connectivity index (χ3v) is 6.57. The van der Waals surface area contributed by atoms with E-state index >= 15 is 0 Å². The van der Waals surface area contributed by atoms with Crippen LogP contribution >= 0.6 is 23.6 Å². The molecular formula is C22H25N5O2S2. The van der Waals surface area contributed by atoms with Crippen LogP contribution < -0.4 is 5.32 Å². The van der Waals surface area contributed by atoms with Crippen molar-refractivity contribution in [2.24, 2.45) is 0 Å². The fourth-order valence-corrected chi connectivity index (χ4v) is 4.61. The Labute approximate surface area is 190 Å². The van der Waals surface area contributed by atoms with Crippen molar-refractivity contribution >= 4 is 35.4 Å². The molecule has 0 spiro atoms. The number of carbonyl (C=O) groups excluding carboxylic acids is 2. The predicted molar refractivity (Wildman–Crippen MR) is 123 cm³/mol. The lowest BCUT2D eigenvalue weighted by Crippen LogP contribution is -2.35.